The Labute approximate surface area is 116 Å². The number of hydrogen-bond donors (Lipinski definition) is 0. The third-order valence-corrected chi connectivity index (χ3v) is 3.70. The summed E-state index contributed by atoms with van der Waals surface area (Å²) in [7, 11) is 1.32. The summed E-state index contributed by atoms with van der Waals surface area (Å²) < 4.78 is 18.3. The summed E-state index contributed by atoms with van der Waals surface area (Å²) in [4.78, 5) is 10.4. The summed E-state index contributed by atoms with van der Waals surface area (Å²) in [6.45, 7) is 5.83. The molecular formula is C13H17ClFNO3. The Balaban J connectivity index is 3.21. The number of benzene rings is 1. The van der Waals surface area contributed by atoms with Crippen LogP contribution in [0.4, 0.5) is 10.1 Å². The summed E-state index contributed by atoms with van der Waals surface area (Å²) in [6.07, 6.45) is 0.276. The molecule has 1 atom stereocenters. The molecule has 0 aliphatic heterocycles. The number of methoxy groups -OCH3 is 1. The van der Waals surface area contributed by atoms with Crippen molar-refractivity contribution in [2.75, 3.05) is 7.11 Å². The number of nitro groups is 1. The van der Waals surface area contributed by atoms with Crippen molar-refractivity contribution in [1.29, 1.82) is 0 Å². The third-order valence-electron chi connectivity index (χ3n) is 2.89. The first-order valence-electron chi connectivity index (χ1n) is 5.81. The van der Waals surface area contributed by atoms with Crippen LogP contribution in [0.5, 0.6) is 5.75 Å². The van der Waals surface area contributed by atoms with E-state index in [2.05, 4.69) is 0 Å². The zero-order chi connectivity index (χ0) is 14.8. The maximum atomic E-state index is 13.5. The van der Waals surface area contributed by atoms with E-state index in [9.17, 15) is 14.5 Å². The van der Waals surface area contributed by atoms with Crippen LogP contribution in [0.3, 0.4) is 0 Å². The molecule has 106 valence electrons. The van der Waals surface area contributed by atoms with Gasteiger partial charge in [0.25, 0.3) is 5.69 Å². The molecule has 0 aliphatic rings. The van der Waals surface area contributed by atoms with Crippen LogP contribution >= 0.6 is 11.6 Å². The fraction of sp³-hybridized carbons (Fsp3) is 0.538. The van der Waals surface area contributed by atoms with Crippen LogP contribution in [0.1, 0.15) is 26.3 Å². The summed E-state index contributed by atoms with van der Waals surface area (Å²) >= 11 is 6.25. The highest BCUT2D eigenvalue weighted by Gasteiger charge is 2.27. The second-order valence-electron chi connectivity index (χ2n) is 5.41. The Morgan fingerprint density at radius 2 is 2.05 bits per heavy atom. The Morgan fingerprint density at radius 3 is 2.47 bits per heavy atom. The summed E-state index contributed by atoms with van der Waals surface area (Å²) in [5.41, 5.74) is -0.108. The lowest BCUT2D eigenvalue weighted by Crippen LogP contribution is -2.23. The molecule has 0 fully saturated rings. The first-order chi connectivity index (χ1) is 8.66. The van der Waals surface area contributed by atoms with Crippen molar-refractivity contribution in [3.8, 4) is 5.75 Å². The molecule has 0 bridgehead atoms. The highest BCUT2D eigenvalue weighted by Crippen LogP contribution is 2.33. The molecule has 0 N–H and O–H groups in total. The van der Waals surface area contributed by atoms with Crippen molar-refractivity contribution in [3.05, 3.63) is 33.6 Å². The van der Waals surface area contributed by atoms with Gasteiger partial charge >= 0.3 is 0 Å². The predicted molar refractivity (Wildman–Crippen MR) is 72.4 cm³/mol. The normalized spacial score (nSPS) is 13.2. The SMILES string of the molecule is COc1cc(CC(Cl)C(C)(C)C)c([N+](=O)[O-])cc1F. The number of nitrogens with zero attached hydrogens (tertiary/aromatic N) is 1. The zero-order valence-electron chi connectivity index (χ0n) is 11.4. The van der Waals surface area contributed by atoms with E-state index in [0.717, 1.165) is 6.07 Å². The molecule has 1 aromatic rings. The van der Waals surface area contributed by atoms with Crippen molar-refractivity contribution in [2.45, 2.75) is 32.6 Å². The van der Waals surface area contributed by atoms with Gasteiger partial charge in [0.1, 0.15) is 0 Å². The van der Waals surface area contributed by atoms with Crippen molar-refractivity contribution in [1.82, 2.24) is 0 Å². The lowest BCUT2D eigenvalue weighted by atomic mass is 9.87. The molecular weight excluding hydrogens is 273 g/mol. The van der Waals surface area contributed by atoms with E-state index in [1.807, 2.05) is 20.8 Å². The number of nitro benzene ring substituents is 1. The number of halogens is 2. The molecule has 0 saturated carbocycles. The van der Waals surface area contributed by atoms with Gasteiger partial charge < -0.3 is 4.74 Å². The highest BCUT2D eigenvalue weighted by molar-refractivity contribution is 6.21. The van der Waals surface area contributed by atoms with Crippen LogP contribution in [0, 0.1) is 21.3 Å². The predicted octanol–water partition coefficient (Wildman–Crippen LogP) is 3.94. The van der Waals surface area contributed by atoms with E-state index in [1.54, 1.807) is 0 Å². The third kappa shape index (κ3) is 3.80. The summed E-state index contributed by atoms with van der Waals surface area (Å²) in [5.74, 6) is -0.766. The minimum atomic E-state index is -0.750. The van der Waals surface area contributed by atoms with E-state index in [-0.39, 0.29) is 28.6 Å². The van der Waals surface area contributed by atoms with Crippen LogP contribution in [-0.4, -0.2) is 17.4 Å². The Bertz CT molecular complexity index is 486. The van der Waals surface area contributed by atoms with E-state index in [4.69, 9.17) is 16.3 Å². The Morgan fingerprint density at radius 1 is 1.47 bits per heavy atom. The van der Waals surface area contributed by atoms with Crippen LogP contribution in [-0.2, 0) is 6.42 Å². The van der Waals surface area contributed by atoms with Gasteiger partial charge in [-0.3, -0.25) is 10.1 Å². The molecule has 4 nitrogen and oxygen atoms in total. The van der Waals surface area contributed by atoms with Gasteiger partial charge in [-0.05, 0) is 17.9 Å². The molecule has 0 radical (unpaired) electrons. The molecule has 1 rings (SSSR count). The van der Waals surface area contributed by atoms with Gasteiger partial charge in [0.2, 0.25) is 0 Å². The highest BCUT2D eigenvalue weighted by atomic mass is 35.5. The molecule has 0 amide bonds. The molecule has 0 spiro atoms. The average Bonchev–Trinajstić information content (AvgIpc) is 2.29. The van der Waals surface area contributed by atoms with Crippen molar-refractivity contribution < 1.29 is 14.1 Å². The second-order valence-corrected chi connectivity index (χ2v) is 5.94. The van der Waals surface area contributed by atoms with Gasteiger partial charge in [-0.2, -0.15) is 0 Å². The molecule has 0 aliphatic carbocycles. The van der Waals surface area contributed by atoms with E-state index < -0.39 is 10.7 Å². The molecule has 19 heavy (non-hydrogen) atoms. The fourth-order valence-corrected chi connectivity index (χ4v) is 1.74. The van der Waals surface area contributed by atoms with E-state index >= 15 is 0 Å². The van der Waals surface area contributed by atoms with Gasteiger partial charge in [-0.1, -0.05) is 20.8 Å². The van der Waals surface area contributed by atoms with Crippen LogP contribution < -0.4 is 4.74 Å². The lowest BCUT2D eigenvalue weighted by Gasteiger charge is -2.25. The van der Waals surface area contributed by atoms with Crippen LogP contribution in [0.2, 0.25) is 0 Å². The van der Waals surface area contributed by atoms with Gasteiger partial charge in [0, 0.05) is 10.9 Å². The molecule has 0 saturated heterocycles. The molecule has 0 heterocycles. The quantitative estimate of drug-likeness (QED) is 0.479. The smallest absolute Gasteiger partial charge is 0.275 e. The minimum Gasteiger partial charge on any atom is -0.494 e. The number of alkyl halides is 1. The summed E-state index contributed by atoms with van der Waals surface area (Å²) in [5, 5.41) is 10.7. The second kappa shape index (κ2) is 5.74. The van der Waals surface area contributed by atoms with Gasteiger partial charge in [0.05, 0.1) is 18.1 Å². The molecule has 6 heteroatoms. The van der Waals surface area contributed by atoms with Crippen molar-refractivity contribution >= 4 is 17.3 Å². The van der Waals surface area contributed by atoms with Gasteiger partial charge in [-0.25, -0.2) is 4.39 Å². The fourth-order valence-electron chi connectivity index (χ4n) is 1.57. The number of ether oxygens (including phenoxy) is 1. The maximum Gasteiger partial charge on any atom is 0.275 e. The monoisotopic (exact) mass is 289 g/mol. The van der Waals surface area contributed by atoms with Gasteiger partial charge in [-0.15, -0.1) is 11.6 Å². The minimum absolute atomic E-state index is 0.0154. The topological polar surface area (TPSA) is 52.4 Å². The number of hydrogen-bond acceptors (Lipinski definition) is 3. The summed E-state index contributed by atoms with van der Waals surface area (Å²) in [6, 6.07) is 2.22. The van der Waals surface area contributed by atoms with Crippen LogP contribution in [0.15, 0.2) is 12.1 Å². The van der Waals surface area contributed by atoms with E-state index in [1.165, 1.54) is 13.2 Å². The van der Waals surface area contributed by atoms with Crippen molar-refractivity contribution in [3.63, 3.8) is 0 Å². The molecule has 0 aromatic heterocycles. The largest absolute Gasteiger partial charge is 0.494 e. The zero-order valence-corrected chi connectivity index (χ0v) is 12.1. The standard InChI is InChI=1S/C13H17ClFNO3/c1-13(2,3)12(14)6-8-5-11(19-4)9(15)7-10(8)16(17)18/h5,7,12H,6H2,1-4H3. The molecule has 1 aromatic carbocycles. The molecule has 1 unspecified atom stereocenters. The average molecular weight is 290 g/mol. The Kier molecular flexibility index (Phi) is 4.74. The first kappa shape index (κ1) is 15.7. The number of rotatable bonds is 4. The first-order valence-corrected chi connectivity index (χ1v) is 6.25. The maximum absolute atomic E-state index is 13.5. The lowest BCUT2D eigenvalue weighted by molar-refractivity contribution is -0.385. The van der Waals surface area contributed by atoms with Crippen molar-refractivity contribution in [2.24, 2.45) is 5.41 Å². The van der Waals surface area contributed by atoms with E-state index in [0.29, 0.717) is 5.56 Å². The Hall–Kier alpha value is -1.36. The van der Waals surface area contributed by atoms with Gasteiger partial charge in [0.15, 0.2) is 11.6 Å². The van der Waals surface area contributed by atoms with Crippen LogP contribution in [0.25, 0.3) is 0 Å².